The van der Waals surface area contributed by atoms with E-state index in [2.05, 4.69) is 36.5 Å². The lowest BCUT2D eigenvalue weighted by Crippen LogP contribution is -2.42. The van der Waals surface area contributed by atoms with Crippen molar-refractivity contribution < 1.29 is 4.79 Å². The number of piperidine rings is 1. The Morgan fingerprint density at radius 2 is 1.86 bits per heavy atom. The maximum Gasteiger partial charge on any atom is 0.236 e. The summed E-state index contributed by atoms with van der Waals surface area (Å²) in [5.74, 6) is 0.905. The fourth-order valence-corrected chi connectivity index (χ4v) is 3.68. The molecular formula is C18H26N2O. The van der Waals surface area contributed by atoms with Crippen molar-refractivity contribution in [1.29, 1.82) is 0 Å². The summed E-state index contributed by atoms with van der Waals surface area (Å²) in [6.07, 6.45) is 5.92. The molecule has 1 heterocycles. The van der Waals surface area contributed by atoms with Crippen molar-refractivity contribution in [2.45, 2.75) is 51.0 Å². The zero-order chi connectivity index (χ0) is 14.7. The predicted molar refractivity (Wildman–Crippen MR) is 85.3 cm³/mol. The van der Waals surface area contributed by atoms with Gasteiger partial charge in [-0.15, -0.1) is 0 Å². The molecule has 1 aromatic carbocycles. The number of benzene rings is 1. The Morgan fingerprint density at radius 1 is 1.14 bits per heavy atom. The number of hydrogen-bond acceptors (Lipinski definition) is 2. The van der Waals surface area contributed by atoms with Gasteiger partial charge in [0.25, 0.3) is 0 Å². The molecule has 3 heteroatoms. The molecule has 3 rings (SSSR count). The largest absolute Gasteiger partial charge is 0.342 e. The third kappa shape index (κ3) is 3.29. The molecule has 1 N–H and O–H groups in total. The number of carbonyl (C=O) groups is 1. The SMILES string of the molecule is CC1CCC(NCC(=O)N2CCCCC2)c2ccccc21. The maximum absolute atomic E-state index is 12.3. The molecule has 2 atom stereocenters. The van der Waals surface area contributed by atoms with Crippen molar-refractivity contribution in [1.82, 2.24) is 10.2 Å². The van der Waals surface area contributed by atoms with E-state index < -0.39 is 0 Å². The second kappa shape index (κ2) is 6.61. The van der Waals surface area contributed by atoms with Crippen molar-refractivity contribution in [3.05, 3.63) is 35.4 Å². The first kappa shape index (κ1) is 14.6. The maximum atomic E-state index is 12.3. The Hall–Kier alpha value is -1.35. The zero-order valence-electron chi connectivity index (χ0n) is 13.0. The van der Waals surface area contributed by atoms with Crippen LogP contribution in [-0.4, -0.2) is 30.4 Å². The predicted octanol–water partition coefficient (Wildman–Crippen LogP) is 3.23. The van der Waals surface area contributed by atoms with Gasteiger partial charge < -0.3 is 10.2 Å². The van der Waals surface area contributed by atoms with Crippen LogP contribution < -0.4 is 5.32 Å². The van der Waals surface area contributed by atoms with Gasteiger partial charge in [-0.05, 0) is 49.1 Å². The number of hydrogen-bond donors (Lipinski definition) is 1. The van der Waals surface area contributed by atoms with Crippen molar-refractivity contribution in [2.24, 2.45) is 0 Å². The van der Waals surface area contributed by atoms with Gasteiger partial charge in [-0.1, -0.05) is 31.2 Å². The Morgan fingerprint density at radius 3 is 2.62 bits per heavy atom. The summed E-state index contributed by atoms with van der Waals surface area (Å²) in [4.78, 5) is 14.3. The van der Waals surface area contributed by atoms with Gasteiger partial charge in [0.05, 0.1) is 6.54 Å². The summed E-state index contributed by atoms with van der Waals surface area (Å²) in [6.45, 7) is 4.67. The van der Waals surface area contributed by atoms with E-state index in [-0.39, 0.29) is 5.91 Å². The van der Waals surface area contributed by atoms with Crippen LogP contribution in [0.25, 0.3) is 0 Å². The molecule has 1 aliphatic carbocycles. The molecule has 0 aromatic heterocycles. The van der Waals surface area contributed by atoms with Gasteiger partial charge >= 0.3 is 0 Å². The molecule has 0 radical (unpaired) electrons. The van der Waals surface area contributed by atoms with Crippen LogP contribution in [0.1, 0.15) is 62.1 Å². The highest BCUT2D eigenvalue weighted by molar-refractivity contribution is 5.78. The van der Waals surface area contributed by atoms with Gasteiger partial charge in [0.15, 0.2) is 0 Å². The molecule has 1 aliphatic heterocycles. The first-order chi connectivity index (χ1) is 10.3. The van der Waals surface area contributed by atoms with Crippen LogP contribution >= 0.6 is 0 Å². The molecule has 21 heavy (non-hydrogen) atoms. The topological polar surface area (TPSA) is 32.3 Å². The number of fused-ring (bicyclic) bond motifs is 1. The van der Waals surface area contributed by atoms with E-state index in [0.29, 0.717) is 18.5 Å². The number of nitrogens with zero attached hydrogens (tertiary/aromatic N) is 1. The molecule has 1 aromatic rings. The third-order valence-corrected chi connectivity index (χ3v) is 5.00. The molecule has 0 bridgehead atoms. The van der Waals surface area contributed by atoms with E-state index in [1.807, 2.05) is 4.90 Å². The average Bonchev–Trinajstić information content (AvgIpc) is 2.55. The van der Waals surface area contributed by atoms with Crippen LogP contribution in [0.5, 0.6) is 0 Å². The van der Waals surface area contributed by atoms with E-state index in [9.17, 15) is 4.79 Å². The minimum absolute atomic E-state index is 0.269. The summed E-state index contributed by atoms with van der Waals surface area (Å²) >= 11 is 0. The molecule has 1 fully saturated rings. The van der Waals surface area contributed by atoms with Crippen LogP contribution in [0.4, 0.5) is 0 Å². The molecule has 0 saturated carbocycles. The second-order valence-corrected chi connectivity index (χ2v) is 6.48. The standard InChI is InChI=1S/C18H26N2O/c1-14-9-10-17(16-8-4-3-7-15(14)16)19-13-18(21)20-11-5-2-6-12-20/h3-4,7-8,14,17,19H,2,5-6,9-13H2,1H3. The lowest BCUT2D eigenvalue weighted by Gasteiger charge is -2.32. The summed E-state index contributed by atoms with van der Waals surface area (Å²) in [7, 11) is 0. The fraction of sp³-hybridized carbons (Fsp3) is 0.611. The van der Waals surface area contributed by atoms with Gasteiger partial charge in [-0.3, -0.25) is 4.79 Å². The van der Waals surface area contributed by atoms with Crippen LogP contribution in [0.3, 0.4) is 0 Å². The first-order valence-corrected chi connectivity index (χ1v) is 8.35. The number of amides is 1. The molecular weight excluding hydrogens is 260 g/mol. The van der Waals surface area contributed by atoms with Gasteiger partial charge in [0.2, 0.25) is 5.91 Å². The highest BCUT2D eigenvalue weighted by Crippen LogP contribution is 2.36. The number of nitrogens with one attached hydrogen (secondary N) is 1. The zero-order valence-corrected chi connectivity index (χ0v) is 13.0. The summed E-state index contributed by atoms with van der Waals surface area (Å²) in [5, 5.41) is 3.50. The molecule has 3 nitrogen and oxygen atoms in total. The highest BCUT2D eigenvalue weighted by atomic mass is 16.2. The number of likely N-dealkylation sites (tertiary alicyclic amines) is 1. The molecule has 2 unspecified atom stereocenters. The van der Waals surface area contributed by atoms with E-state index in [1.165, 1.54) is 24.0 Å². The molecule has 1 saturated heterocycles. The van der Waals surface area contributed by atoms with E-state index >= 15 is 0 Å². The van der Waals surface area contributed by atoms with Crippen molar-refractivity contribution in [3.63, 3.8) is 0 Å². The van der Waals surface area contributed by atoms with E-state index in [1.54, 1.807) is 0 Å². The third-order valence-electron chi connectivity index (χ3n) is 5.00. The van der Waals surface area contributed by atoms with Gasteiger partial charge in [-0.25, -0.2) is 0 Å². The Labute approximate surface area is 127 Å². The smallest absolute Gasteiger partial charge is 0.236 e. The molecule has 114 valence electrons. The fourth-order valence-electron chi connectivity index (χ4n) is 3.68. The lowest BCUT2D eigenvalue weighted by atomic mass is 9.81. The molecule has 0 spiro atoms. The Bertz CT molecular complexity index is 494. The Kier molecular flexibility index (Phi) is 4.59. The van der Waals surface area contributed by atoms with Gasteiger partial charge in [0, 0.05) is 19.1 Å². The van der Waals surface area contributed by atoms with E-state index in [4.69, 9.17) is 0 Å². The van der Waals surface area contributed by atoms with Crippen LogP contribution in [0, 0.1) is 0 Å². The minimum atomic E-state index is 0.269. The molecule has 1 amide bonds. The summed E-state index contributed by atoms with van der Waals surface area (Å²) < 4.78 is 0. The summed E-state index contributed by atoms with van der Waals surface area (Å²) in [6, 6.07) is 9.02. The van der Waals surface area contributed by atoms with Crippen LogP contribution in [0.15, 0.2) is 24.3 Å². The van der Waals surface area contributed by atoms with Crippen molar-refractivity contribution >= 4 is 5.91 Å². The second-order valence-electron chi connectivity index (χ2n) is 6.48. The number of carbonyl (C=O) groups excluding carboxylic acids is 1. The minimum Gasteiger partial charge on any atom is -0.342 e. The van der Waals surface area contributed by atoms with E-state index in [0.717, 1.165) is 32.4 Å². The quantitative estimate of drug-likeness (QED) is 0.925. The van der Waals surface area contributed by atoms with Crippen LogP contribution in [0.2, 0.25) is 0 Å². The van der Waals surface area contributed by atoms with Gasteiger partial charge in [0.1, 0.15) is 0 Å². The highest BCUT2D eigenvalue weighted by Gasteiger charge is 2.25. The van der Waals surface area contributed by atoms with Gasteiger partial charge in [-0.2, -0.15) is 0 Å². The Balaban J connectivity index is 1.61. The normalized spacial score (nSPS) is 25.5. The van der Waals surface area contributed by atoms with Crippen molar-refractivity contribution in [3.8, 4) is 0 Å². The number of rotatable bonds is 3. The van der Waals surface area contributed by atoms with Crippen molar-refractivity contribution in [2.75, 3.05) is 19.6 Å². The molecule has 2 aliphatic rings. The lowest BCUT2D eigenvalue weighted by molar-refractivity contribution is -0.131. The first-order valence-electron chi connectivity index (χ1n) is 8.35. The van der Waals surface area contributed by atoms with Crippen LogP contribution in [-0.2, 0) is 4.79 Å². The summed E-state index contributed by atoms with van der Waals surface area (Å²) in [5.41, 5.74) is 2.84. The average molecular weight is 286 g/mol. The monoisotopic (exact) mass is 286 g/mol.